The Bertz CT molecular complexity index is 1840. The van der Waals surface area contributed by atoms with E-state index in [-0.39, 0.29) is 46.3 Å². The molecule has 0 aromatic heterocycles. The molecule has 0 bridgehead atoms. The average molecular weight is 713 g/mol. The third-order valence-corrected chi connectivity index (χ3v) is 10.1. The second-order valence-corrected chi connectivity index (χ2v) is 14.2. The molecule has 0 spiro atoms. The van der Waals surface area contributed by atoms with E-state index in [1.807, 2.05) is 51.1 Å². The van der Waals surface area contributed by atoms with Gasteiger partial charge in [0.05, 0.1) is 34.8 Å². The van der Waals surface area contributed by atoms with Crippen LogP contribution in [-0.2, 0) is 32.6 Å². The summed E-state index contributed by atoms with van der Waals surface area (Å²) in [6, 6.07) is 24.0. The van der Waals surface area contributed by atoms with Crippen LogP contribution in [0.4, 0.5) is 5.69 Å². The molecular weight excluding hydrogens is 673 g/mol. The van der Waals surface area contributed by atoms with Crippen molar-refractivity contribution >= 4 is 50.7 Å². The molecule has 254 valence electrons. The number of aryl methyl sites for hydroxylation is 1. The van der Waals surface area contributed by atoms with Gasteiger partial charge in [-0.2, -0.15) is 0 Å². The molecule has 0 aliphatic carbocycles. The lowest BCUT2D eigenvalue weighted by Crippen LogP contribution is -2.54. The topological polar surface area (TPSA) is 105 Å². The number of carbonyl (C=O) groups is 2. The van der Waals surface area contributed by atoms with Crippen LogP contribution in [0.2, 0.25) is 10.0 Å². The molecule has 4 rings (SSSR count). The van der Waals surface area contributed by atoms with Crippen molar-refractivity contribution in [2.75, 3.05) is 25.1 Å². The van der Waals surface area contributed by atoms with Crippen molar-refractivity contribution in [1.29, 1.82) is 0 Å². The smallest absolute Gasteiger partial charge is 0.264 e. The van der Waals surface area contributed by atoms with Gasteiger partial charge in [-0.15, -0.1) is 0 Å². The first-order valence-electron chi connectivity index (χ1n) is 15.2. The van der Waals surface area contributed by atoms with Crippen LogP contribution in [-0.4, -0.2) is 58.0 Å². The number of hydrogen-bond donors (Lipinski definition) is 1. The molecule has 0 fully saturated rings. The van der Waals surface area contributed by atoms with Gasteiger partial charge in [-0.1, -0.05) is 77.3 Å². The fraction of sp³-hybridized carbons (Fsp3) is 0.278. The number of methoxy groups -OCH3 is 2. The Morgan fingerprint density at radius 1 is 0.812 bits per heavy atom. The van der Waals surface area contributed by atoms with Gasteiger partial charge in [0.1, 0.15) is 12.6 Å². The molecule has 1 N–H and O–H groups in total. The van der Waals surface area contributed by atoms with Crippen LogP contribution in [0.15, 0.2) is 95.9 Å². The number of halogens is 2. The van der Waals surface area contributed by atoms with E-state index in [0.717, 1.165) is 15.4 Å². The normalized spacial score (nSPS) is 11.9. The second kappa shape index (κ2) is 16.2. The predicted molar refractivity (Wildman–Crippen MR) is 189 cm³/mol. The highest BCUT2D eigenvalue weighted by molar-refractivity contribution is 7.92. The molecule has 9 nitrogen and oxygen atoms in total. The Morgan fingerprint density at radius 2 is 1.48 bits per heavy atom. The Hall–Kier alpha value is -4.25. The van der Waals surface area contributed by atoms with Gasteiger partial charge in [-0.05, 0) is 68.3 Å². The molecule has 1 atom stereocenters. The molecule has 0 heterocycles. The van der Waals surface area contributed by atoms with Crippen molar-refractivity contribution < 1.29 is 27.5 Å². The highest BCUT2D eigenvalue weighted by Gasteiger charge is 2.35. The molecule has 0 aliphatic rings. The monoisotopic (exact) mass is 711 g/mol. The van der Waals surface area contributed by atoms with E-state index in [4.69, 9.17) is 32.7 Å². The average Bonchev–Trinajstić information content (AvgIpc) is 3.06. The number of anilines is 1. The second-order valence-electron chi connectivity index (χ2n) is 11.5. The zero-order valence-electron chi connectivity index (χ0n) is 27.4. The van der Waals surface area contributed by atoms with Crippen LogP contribution in [0, 0.1) is 6.92 Å². The van der Waals surface area contributed by atoms with Gasteiger partial charge in [-0.25, -0.2) is 8.42 Å². The zero-order valence-corrected chi connectivity index (χ0v) is 29.8. The molecule has 4 aromatic rings. The molecule has 0 radical (unpaired) electrons. The fourth-order valence-corrected chi connectivity index (χ4v) is 6.84. The quantitative estimate of drug-likeness (QED) is 0.157. The highest BCUT2D eigenvalue weighted by Crippen LogP contribution is 2.34. The number of benzene rings is 4. The van der Waals surface area contributed by atoms with Crippen molar-refractivity contribution in [3.63, 3.8) is 0 Å². The number of amides is 2. The van der Waals surface area contributed by atoms with E-state index in [2.05, 4.69) is 5.32 Å². The summed E-state index contributed by atoms with van der Waals surface area (Å²) in [6.07, 6.45) is 0.174. The summed E-state index contributed by atoms with van der Waals surface area (Å²) < 4.78 is 40.5. The molecule has 1 unspecified atom stereocenters. The summed E-state index contributed by atoms with van der Waals surface area (Å²) >= 11 is 12.5. The maximum absolute atomic E-state index is 14.6. The summed E-state index contributed by atoms with van der Waals surface area (Å²) in [5.41, 5.74) is 2.46. The van der Waals surface area contributed by atoms with E-state index in [9.17, 15) is 18.0 Å². The van der Waals surface area contributed by atoms with E-state index >= 15 is 0 Å². The van der Waals surface area contributed by atoms with Gasteiger partial charge in [0.15, 0.2) is 11.5 Å². The lowest BCUT2D eigenvalue weighted by Gasteiger charge is -2.34. The lowest BCUT2D eigenvalue weighted by atomic mass is 10.0. The molecule has 12 heteroatoms. The maximum Gasteiger partial charge on any atom is 0.264 e. The van der Waals surface area contributed by atoms with Crippen molar-refractivity contribution in [3.05, 3.63) is 118 Å². The van der Waals surface area contributed by atoms with Crippen molar-refractivity contribution in [1.82, 2.24) is 10.2 Å². The number of carbonyl (C=O) groups excluding carboxylic acids is 2. The molecule has 0 aliphatic heterocycles. The van der Waals surface area contributed by atoms with E-state index in [1.54, 1.807) is 36.4 Å². The summed E-state index contributed by atoms with van der Waals surface area (Å²) in [7, 11) is -1.40. The summed E-state index contributed by atoms with van der Waals surface area (Å²) in [5, 5.41) is 3.55. The highest BCUT2D eigenvalue weighted by atomic mass is 35.5. The number of sulfonamides is 1. The molecular formula is C36H39Cl2N3O6S. The van der Waals surface area contributed by atoms with Crippen molar-refractivity contribution in [2.24, 2.45) is 0 Å². The van der Waals surface area contributed by atoms with E-state index in [1.165, 1.54) is 43.4 Å². The first-order valence-corrected chi connectivity index (χ1v) is 17.4. The maximum atomic E-state index is 14.6. The van der Waals surface area contributed by atoms with Gasteiger partial charge >= 0.3 is 0 Å². The molecule has 0 saturated carbocycles. The molecule has 4 aromatic carbocycles. The van der Waals surface area contributed by atoms with Gasteiger partial charge in [0.25, 0.3) is 10.0 Å². The largest absolute Gasteiger partial charge is 0.493 e. The van der Waals surface area contributed by atoms with Gasteiger partial charge in [0.2, 0.25) is 11.8 Å². The van der Waals surface area contributed by atoms with Crippen LogP contribution >= 0.6 is 23.2 Å². The Balaban J connectivity index is 1.86. The molecule has 2 amide bonds. The third-order valence-electron chi connectivity index (χ3n) is 7.58. The Kier molecular flexibility index (Phi) is 12.4. The number of hydrogen-bond acceptors (Lipinski definition) is 6. The molecule has 0 saturated heterocycles. The number of nitrogens with one attached hydrogen (secondary N) is 1. The summed E-state index contributed by atoms with van der Waals surface area (Å²) in [4.78, 5) is 29.9. The van der Waals surface area contributed by atoms with Gasteiger partial charge in [-0.3, -0.25) is 13.9 Å². The molecule has 48 heavy (non-hydrogen) atoms. The standard InChI is InChI=1S/C36H39Cl2N3O6S/c1-24(2)39-36(43)32(20-26-9-7-6-8-10-26)40(22-27-13-17-30(37)31(38)19-27)35(42)23-41(28-14-18-33(46-4)34(21-28)47-5)48(44,45)29-15-11-25(3)12-16-29/h6-19,21,24,32H,20,22-23H2,1-5H3,(H,39,43). The number of rotatable bonds is 14. The minimum absolute atomic E-state index is 0.00916. The van der Waals surface area contributed by atoms with Crippen molar-refractivity contribution in [2.45, 2.75) is 50.7 Å². The fourth-order valence-electron chi connectivity index (χ4n) is 5.12. The van der Waals surface area contributed by atoms with Crippen LogP contribution < -0.4 is 19.1 Å². The minimum Gasteiger partial charge on any atom is -0.493 e. The van der Waals surface area contributed by atoms with Crippen LogP contribution in [0.3, 0.4) is 0 Å². The lowest BCUT2D eigenvalue weighted by molar-refractivity contribution is -0.140. The van der Waals surface area contributed by atoms with Crippen LogP contribution in [0.1, 0.15) is 30.5 Å². The SMILES string of the molecule is COc1ccc(N(CC(=O)N(Cc2ccc(Cl)c(Cl)c2)C(Cc2ccccc2)C(=O)NC(C)C)S(=O)(=O)c2ccc(C)cc2)cc1OC. The Labute approximate surface area is 292 Å². The predicted octanol–water partition coefficient (Wildman–Crippen LogP) is 6.68. The first kappa shape index (κ1) is 36.6. The number of nitrogens with zero attached hydrogens (tertiary/aromatic N) is 2. The summed E-state index contributed by atoms with van der Waals surface area (Å²) in [6.45, 7) is 4.82. The van der Waals surface area contributed by atoms with Crippen LogP contribution in [0.5, 0.6) is 11.5 Å². The van der Waals surface area contributed by atoms with E-state index in [0.29, 0.717) is 16.3 Å². The zero-order chi connectivity index (χ0) is 35.0. The van der Waals surface area contributed by atoms with Crippen molar-refractivity contribution in [3.8, 4) is 11.5 Å². The first-order chi connectivity index (χ1) is 22.8. The van der Waals surface area contributed by atoms with Gasteiger partial charge < -0.3 is 19.7 Å². The third kappa shape index (κ3) is 9.00. The van der Waals surface area contributed by atoms with E-state index < -0.39 is 28.5 Å². The van der Waals surface area contributed by atoms with Crippen LogP contribution in [0.25, 0.3) is 0 Å². The number of ether oxygens (including phenoxy) is 2. The summed E-state index contributed by atoms with van der Waals surface area (Å²) in [5.74, 6) is -0.347. The van der Waals surface area contributed by atoms with Gasteiger partial charge in [0, 0.05) is 25.1 Å². The minimum atomic E-state index is -4.30. The Morgan fingerprint density at radius 3 is 2.08 bits per heavy atom.